The number of aromatic nitrogens is 2. The van der Waals surface area contributed by atoms with Crippen LogP contribution in [-0.4, -0.2) is 15.7 Å². The van der Waals surface area contributed by atoms with Gasteiger partial charge in [-0.05, 0) is 27.6 Å². The lowest BCUT2D eigenvalue weighted by molar-refractivity contribution is 0.791. The normalized spacial score (nSPS) is 11.1. The van der Waals surface area contributed by atoms with Gasteiger partial charge in [-0.3, -0.25) is 0 Å². The minimum Gasteiger partial charge on any atom is -0.235 e. The summed E-state index contributed by atoms with van der Waals surface area (Å²) in [4.78, 5) is 8.75. The summed E-state index contributed by atoms with van der Waals surface area (Å²) in [5.41, 5.74) is 0.988. The van der Waals surface area contributed by atoms with Crippen molar-refractivity contribution in [1.82, 2.24) is 9.97 Å². The van der Waals surface area contributed by atoms with Gasteiger partial charge >= 0.3 is 0 Å². The molecule has 0 bridgehead atoms. The second-order valence-corrected chi connectivity index (χ2v) is 5.85. The number of halogens is 2. The zero-order valence-corrected chi connectivity index (χ0v) is 12.2. The molecule has 1 heterocycles. The van der Waals surface area contributed by atoms with Crippen LogP contribution in [0.1, 0.15) is 38.2 Å². The number of hydrogen-bond acceptors (Lipinski definition) is 3. The Bertz CT molecular complexity index is 344. The topological polar surface area (TPSA) is 25.8 Å². The van der Waals surface area contributed by atoms with Gasteiger partial charge in [0.1, 0.15) is 11.0 Å². The standard InChI is InChI=1S/C10H14BrClN2S/c1-4-15-5-7-13-9(6(2)3)8(11)10(12)14-7/h6H,4-5H2,1-3H3. The number of nitrogens with zero attached hydrogens (tertiary/aromatic N) is 2. The van der Waals surface area contributed by atoms with E-state index >= 15 is 0 Å². The minimum absolute atomic E-state index is 0.352. The highest BCUT2D eigenvalue weighted by Gasteiger charge is 2.13. The highest BCUT2D eigenvalue weighted by molar-refractivity contribution is 9.10. The average Bonchev–Trinajstić information content (AvgIpc) is 2.19. The Kier molecular flexibility index (Phi) is 5.36. The van der Waals surface area contributed by atoms with Gasteiger partial charge in [-0.25, -0.2) is 9.97 Å². The molecule has 0 atom stereocenters. The molecule has 84 valence electrons. The van der Waals surface area contributed by atoms with Crippen molar-refractivity contribution in [1.29, 1.82) is 0 Å². The van der Waals surface area contributed by atoms with Crippen LogP contribution in [0, 0.1) is 0 Å². The van der Waals surface area contributed by atoms with E-state index in [-0.39, 0.29) is 0 Å². The first-order chi connectivity index (χ1) is 7.06. The first kappa shape index (κ1) is 13.3. The van der Waals surface area contributed by atoms with Gasteiger partial charge in [0, 0.05) is 0 Å². The molecule has 0 fully saturated rings. The first-order valence-electron chi connectivity index (χ1n) is 4.85. The molecule has 1 rings (SSSR count). The molecule has 0 saturated heterocycles. The lowest BCUT2D eigenvalue weighted by Crippen LogP contribution is -2.02. The van der Waals surface area contributed by atoms with Gasteiger partial charge in [-0.1, -0.05) is 32.4 Å². The molecule has 0 aliphatic heterocycles. The molecule has 1 aromatic rings. The van der Waals surface area contributed by atoms with Gasteiger partial charge < -0.3 is 0 Å². The predicted molar refractivity (Wildman–Crippen MR) is 70.7 cm³/mol. The van der Waals surface area contributed by atoms with E-state index in [0.717, 1.165) is 27.5 Å². The molecule has 0 radical (unpaired) electrons. The van der Waals surface area contributed by atoms with E-state index in [1.807, 2.05) is 0 Å². The molecule has 5 heteroatoms. The van der Waals surface area contributed by atoms with E-state index in [9.17, 15) is 0 Å². The fourth-order valence-electron chi connectivity index (χ4n) is 1.12. The summed E-state index contributed by atoms with van der Waals surface area (Å²) in [6.45, 7) is 6.31. The molecule has 0 spiro atoms. The first-order valence-corrected chi connectivity index (χ1v) is 7.18. The average molecular weight is 310 g/mol. The van der Waals surface area contributed by atoms with E-state index in [2.05, 4.69) is 46.7 Å². The lowest BCUT2D eigenvalue weighted by Gasteiger charge is -2.10. The van der Waals surface area contributed by atoms with Crippen molar-refractivity contribution < 1.29 is 0 Å². The van der Waals surface area contributed by atoms with Gasteiger partial charge in [-0.15, -0.1) is 0 Å². The summed E-state index contributed by atoms with van der Waals surface area (Å²) in [7, 11) is 0. The van der Waals surface area contributed by atoms with Gasteiger partial charge in [0.15, 0.2) is 0 Å². The second-order valence-electron chi connectivity index (χ2n) is 3.42. The number of rotatable bonds is 4. The number of thioether (sulfide) groups is 1. The summed E-state index contributed by atoms with van der Waals surface area (Å²) < 4.78 is 0.824. The maximum Gasteiger partial charge on any atom is 0.147 e. The van der Waals surface area contributed by atoms with Crippen LogP contribution in [0.5, 0.6) is 0 Å². The fraction of sp³-hybridized carbons (Fsp3) is 0.600. The Hall–Kier alpha value is 0.200. The van der Waals surface area contributed by atoms with E-state index in [0.29, 0.717) is 11.1 Å². The summed E-state index contributed by atoms with van der Waals surface area (Å²) in [6, 6.07) is 0. The Balaban J connectivity index is 3.00. The fourth-order valence-corrected chi connectivity index (χ4v) is 2.47. The van der Waals surface area contributed by atoms with Gasteiger partial charge in [0.2, 0.25) is 0 Å². The maximum absolute atomic E-state index is 6.03. The van der Waals surface area contributed by atoms with Gasteiger partial charge in [0.25, 0.3) is 0 Å². The Morgan fingerprint density at radius 3 is 2.60 bits per heavy atom. The Labute approximate surface area is 108 Å². The zero-order valence-electron chi connectivity index (χ0n) is 9.05. The van der Waals surface area contributed by atoms with Crippen LogP contribution in [0.2, 0.25) is 5.15 Å². The van der Waals surface area contributed by atoms with Crippen LogP contribution in [0.15, 0.2) is 4.47 Å². The van der Waals surface area contributed by atoms with Crippen LogP contribution in [0.3, 0.4) is 0 Å². The maximum atomic E-state index is 6.03. The molecule has 0 aromatic carbocycles. The molecule has 0 aliphatic carbocycles. The summed E-state index contributed by atoms with van der Waals surface area (Å²) in [5.74, 6) is 3.06. The Morgan fingerprint density at radius 2 is 2.07 bits per heavy atom. The van der Waals surface area contributed by atoms with Crippen LogP contribution >= 0.6 is 39.3 Å². The van der Waals surface area contributed by atoms with E-state index in [1.54, 1.807) is 11.8 Å². The van der Waals surface area contributed by atoms with E-state index < -0.39 is 0 Å². The third kappa shape index (κ3) is 3.61. The third-order valence-electron chi connectivity index (χ3n) is 1.86. The van der Waals surface area contributed by atoms with Crippen molar-refractivity contribution in [3.63, 3.8) is 0 Å². The summed E-state index contributed by atoms with van der Waals surface area (Å²) in [6.07, 6.45) is 0. The van der Waals surface area contributed by atoms with Crippen LogP contribution in [0.25, 0.3) is 0 Å². The Morgan fingerprint density at radius 1 is 1.40 bits per heavy atom. The highest BCUT2D eigenvalue weighted by atomic mass is 79.9. The summed E-state index contributed by atoms with van der Waals surface area (Å²) >= 11 is 11.3. The van der Waals surface area contributed by atoms with Crippen LogP contribution < -0.4 is 0 Å². The largest absolute Gasteiger partial charge is 0.235 e. The zero-order chi connectivity index (χ0) is 11.4. The van der Waals surface area contributed by atoms with Gasteiger partial charge in [-0.2, -0.15) is 11.8 Å². The van der Waals surface area contributed by atoms with Crippen molar-refractivity contribution in [2.24, 2.45) is 0 Å². The van der Waals surface area contributed by atoms with Gasteiger partial charge in [0.05, 0.1) is 15.9 Å². The highest BCUT2D eigenvalue weighted by Crippen LogP contribution is 2.29. The van der Waals surface area contributed by atoms with Crippen molar-refractivity contribution in [3.8, 4) is 0 Å². The van der Waals surface area contributed by atoms with Crippen LogP contribution in [-0.2, 0) is 5.75 Å². The molecule has 0 N–H and O–H groups in total. The molecular weight excluding hydrogens is 296 g/mol. The molecule has 1 aromatic heterocycles. The van der Waals surface area contributed by atoms with Crippen LogP contribution in [0.4, 0.5) is 0 Å². The lowest BCUT2D eigenvalue weighted by atomic mass is 10.1. The monoisotopic (exact) mass is 308 g/mol. The number of hydrogen-bond donors (Lipinski definition) is 0. The van der Waals surface area contributed by atoms with Crippen molar-refractivity contribution in [3.05, 3.63) is 21.1 Å². The molecule has 0 saturated carbocycles. The summed E-state index contributed by atoms with van der Waals surface area (Å²) in [5, 5.41) is 0.514. The SMILES string of the molecule is CCSCc1nc(Cl)c(Br)c(C(C)C)n1. The smallest absolute Gasteiger partial charge is 0.147 e. The van der Waals surface area contributed by atoms with Crippen molar-refractivity contribution >= 4 is 39.3 Å². The van der Waals surface area contributed by atoms with Crippen molar-refractivity contribution in [2.75, 3.05) is 5.75 Å². The van der Waals surface area contributed by atoms with E-state index in [1.165, 1.54) is 0 Å². The quantitative estimate of drug-likeness (QED) is 0.777. The molecular formula is C10H14BrClN2S. The second kappa shape index (κ2) is 6.06. The van der Waals surface area contributed by atoms with E-state index in [4.69, 9.17) is 11.6 Å². The minimum atomic E-state index is 0.352. The molecule has 2 nitrogen and oxygen atoms in total. The predicted octanol–water partition coefficient (Wildman–Crippen LogP) is 4.27. The van der Waals surface area contributed by atoms with Crippen molar-refractivity contribution in [2.45, 2.75) is 32.4 Å². The molecule has 0 amide bonds. The molecule has 15 heavy (non-hydrogen) atoms. The molecule has 0 unspecified atom stereocenters. The third-order valence-corrected chi connectivity index (χ3v) is 4.02. The molecule has 0 aliphatic rings.